The van der Waals surface area contributed by atoms with E-state index >= 15 is 0 Å². The molecule has 1 aliphatic rings. The predicted octanol–water partition coefficient (Wildman–Crippen LogP) is 4.73. The summed E-state index contributed by atoms with van der Waals surface area (Å²) < 4.78 is 0. The Labute approximate surface area is 163 Å². The van der Waals surface area contributed by atoms with Gasteiger partial charge in [-0.3, -0.25) is 4.79 Å². The molecule has 0 saturated carbocycles. The van der Waals surface area contributed by atoms with E-state index in [2.05, 4.69) is 5.32 Å². The van der Waals surface area contributed by atoms with Gasteiger partial charge in [-0.2, -0.15) is 0 Å². The average molecular weight is 370 g/mol. The molecule has 3 rings (SSSR count). The lowest BCUT2D eigenvalue weighted by atomic mass is 10.2. The Balaban J connectivity index is 0.000000855. The van der Waals surface area contributed by atoms with Crippen molar-refractivity contribution in [3.8, 4) is 0 Å². The summed E-state index contributed by atoms with van der Waals surface area (Å²) in [5.41, 5.74) is 1.47. The van der Waals surface area contributed by atoms with Crippen LogP contribution in [0.1, 0.15) is 38.1 Å². The molecular formula is C22H31N3O2. The molecule has 0 unspecified atom stereocenters. The first kappa shape index (κ1) is 22.2. The molecule has 1 heterocycles. The maximum absolute atomic E-state index is 12.4. The van der Waals surface area contributed by atoms with E-state index in [0.717, 1.165) is 5.69 Å². The molecule has 0 aliphatic carbocycles. The normalized spacial score (nSPS) is 12.7. The quantitative estimate of drug-likeness (QED) is 0.832. The number of amides is 3. The van der Waals surface area contributed by atoms with Crippen LogP contribution < -0.4 is 5.32 Å². The van der Waals surface area contributed by atoms with Crippen molar-refractivity contribution in [2.45, 2.75) is 27.7 Å². The number of hydrogen-bond donors (Lipinski definition) is 1. The highest BCUT2D eigenvalue weighted by molar-refractivity contribution is 5.94. The number of para-hydroxylation sites is 1. The summed E-state index contributed by atoms with van der Waals surface area (Å²) >= 11 is 0. The lowest BCUT2D eigenvalue weighted by Crippen LogP contribution is -2.51. The zero-order chi connectivity index (χ0) is 20.1. The van der Waals surface area contributed by atoms with Crippen molar-refractivity contribution in [3.63, 3.8) is 0 Å². The van der Waals surface area contributed by atoms with Crippen molar-refractivity contribution >= 4 is 17.6 Å². The zero-order valence-corrected chi connectivity index (χ0v) is 16.8. The third-order valence-corrected chi connectivity index (χ3v) is 3.90. The highest BCUT2D eigenvalue weighted by atomic mass is 16.2. The maximum atomic E-state index is 12.4. The number of carbonyl (C=O) groups excluding carboxylic acids is 2. The fourth-order valence-electron chi connectivity index (χ4n) is 2.60. The second-order valence-corrected chi connectivity index (χ2v) is 5.44. The molecule has 1 fully saturated rings. The first-order valence-corrected chi connectivity index (χ1v) is 9.69. The second-order valence-electron chi connectivity index (χ2n) is 5.44. The van der Waals surface area contributed by atoms with Gasteiger partial charge in [-0.15, -0.1) is 0 Å². The summed E-state index contributed by atoms with van der Waals surface area (Å²) in [4.78, 5) is 28.1. The topological polar surface area (TPSA) is 52.7 Å². The van der Waals surface area contributed by atoms with Crippen LogP contribution >= 0.6 is 0 Å². The molecule has 1 saturated heterocycles. The highest BCUT2D eigenvalue weighted by Crippen LogP contribution is 2.11. The molecule has 146 valence electrons. The number of carbonyl (C=O) groups is 2. The highest BCUT2D eigenvalue weighted by Gasteiger charge is 2.24. The molecule has 3 amide bonds. The molecule has 1 N–H and O–H groups in total. The van der Waals surface area contributed by atoms with Crippen LogP contribution in [-0.4, -0.2) is 47.9 Å². The van der Waals surface area contributed by atoms with Crippen LogP contribution in [0, 0.1) is 0 Å². The molecule has 0 aromatic heterocycles. The van der Waals surface area contributed by atoms with E-state index in [1.807, 2.05) is 88.4 Å². The van der Waals surface area contributed by atoms with Crippen LogP contribution in [0.4, 0.5) is 10.5 Å². The van der Waals surface area contributed by atoms with E-state index in [1.54, 1.807) is 9.80 Å². The summed E-state index contributed by atoms with van der Waals surface area (Å²) in [7, 11) is 0. The molecule has 5 nitrogen and oxygen atoms in total. The summed E-state index contributed by atoms with van der Waals surface area (Å²) in [5.74, 6) is 0.0220. The van der Waals surface area contributed by atoms with Crippen molar-refractivity contribution < 1.29 is 9.59 Å². The largest absolute Gasteiger partial charge is 0.335 e. The summed E-state index contributed by atoms with van der Waals surface area (Å²) in [6.45, 7) is 10.2. The van der Waals surface area contributed by atoms with Gasteiger partial charge in [-0.1, -0.05) is 64.1 Å². The third-order valence-electron chi connectivity index (χ3n) is 3.90. The van der Waals surface area contributed by atoms with Gasteiger partial charge in [0.15, 0.2) is 0 Å². The number of nitrogens with one attached hydrogen (secondary N) is 1. The van der Waals surface area contributed by atoms with Crippen molar-refractivity contribution in [1.82, 2.24) is 9.80 Å². The number of benzene rings is 2. The summed E-state index contributed by atoms with van der Waals surface area (Å²) in [6, 6.07) is 18.5. The summed E-state index contributed by atoms with van der Waals surface area (Å²) in [6.07, 6.45) is 0. The Bertz CT molecular complexity index is 666. The Kier molecular flexibility index (Phi) is 10.3. The van der Waals surface area contributed by atoms with Gasteiger partial charge in [0.1, 0.15) is 0 Å². The SMILES string of the molecule is CC.CC.O=C(Nc1ccccc1)N1CCN(C(=O)c2ccccc2)CC1. The molecule has 0 bridgehead atoms. The summed E-state index contributed by atoms with van der Waals surface area (Å²) in [5, 5.41) is 2.87. The van der Waals surface area contributed by atoms with E-state index in [0.29, 0.717) is 31.7 Å². The average Bonchev–Trinajstić information content (AvgIpc) is 2.77. The van der Waals surface area contributed by atoms with E-state index in [-0.39, 0.29) is 11.9 Å². The first-order valence-electron chi connectivity index (χ1n) is 9.69. The van der Waals surface area contributed by atoms with Crippen LogP contribution in [0.5, 0.6) is 0 Å². The van der Waals surface area contributed by atoms with Crippen molar-refractivity contribution in [2.24, 2.45) is 0 Å². The van der Waals surface area contributed by atoms with Gasteiger partial charge in [0.25, 0.3) is 5.91 Å². The minimum absolute atomic E-state index is 0.0220. The van der Waals surface area contributed by atoms with E-state index in [9.17, 15) is 9.59 Å². The van der Waals surface area contributed by atoms with Crippen molar-refractivity contribution in [1.29, 1.82) is 0 Å². The van der Waals surface area contributed by atoms with Crippen LogP contribution in [-0.2, 0) is 0 Å². The number of nitrogens with zero attached hydrogens (tertiary/aromatic N) is 2. The standard InChI is InChI=1S/C18H19N3O2.2C2H6/c22-17(15-7-3-1-4-8-15)20-11-13-21(14-12-20)18(23)19-16-9-5-2-6-10-16;2*1-2/h1-10H,11-14H2,(H,19,23);2*1-2H3. The van der Waals surface area contributed by atoms with Gasteiger partial charge in [-0.05, 0) is 24.3 Å². The van der Waals surface area contributed by atoms with E-state index in [4.69, 9.17) is 0 Å². The van der Waals surface area contributed by atoms with Gasteiger partial charge < -0.3 is 15.1 Å². The molecule has 1 aliphatic heterocycles. The minimum atomic E-state index is -0.122. The third kappa shape index (κ3) is 6.77. The molecule has 27 heavy (non-hydrogen) atoms. The number of rotatable bonds is 2. The van der Waals surface area contributed by atoms with Crippen LogP contribution in [0.3, 0.4) is 0 Å². The van der Waals surface area contributed by atoms with Crippen LogP contribution in [0.2, 0.25) is 0 Å². The molecule has 2 aromatic rings. The number of urea groups is 1. The molecule has 0 spiro atoms. The predicted molar refractivity (Wildman–Crippen MR) is 112 cm³/mol. The van der Waals surface area contributed by atoms with Gasteiger partial charge in [0.2, 0.25) is 0 Å². The Morgan fingerprint density at radius 2 is 1.15 bits per heavy atom. The van der Waals surface area contributed by atoms with Gasteiger partial charge in [0, 0.05) is 37.4 Å². The van der Waals surface area contributed by atoms with Gasteiger partial charge in [0.05, 0.1) is 0 Å². The van der Waals surface area contributed by atoms with Crippen LogP contribution in [0.25, 0.3) is 0 Å². The van der Waals surface area contributed by atoms with E-state index < -0.39 is 0 Å². The Hall–Kier alpha value is -2.82. The fourth-order valence-corrected chi connectivity index (χ4v) is 2.60. The number of anilines is 1. The Morgan fingerprint density at radius 1 is 0.704 bits per heavy atom. The minimum Gasteiger partial charge on any atom is -0.335 e. The lowest BCUT2D eigenvalue weighted by molar-refractivity contribution is 0.0671. The van der Waals surface area contributed by atoms with Gasteiger partial charge in [-0.25, -0.2) is 4.79 Å². The molecule has 0 radical (unpaired) electrons. The van der Waals surface area contributed by atoms with Crippen molar-refractivity contribution in [3.05, 3.63) is 66.2 Å². The molecule has 5 heteroatoms. The molecular weight excluding hydrogens is 338 g/mol. The Morgan fingerprint density at radius 3 is 1.67 bits per heavy atom. The number of hydrogen-bond acceptors (Lipinski definition) is 2. The molecule has 2 aromatic carbocycles. The lowest BCUT2D eigenvalue weighted by Gasteiger charge is -2.34. The molecule has 0 atom stereocenters. The maximum Gasteiger partial charge on any atom is 0.321 e. The number of piperazine rings is 1. The second kappa shape index (κ2) is 12.5. The van der Waals surface area contributed by atoms with Gasteiger partial charge >= 0.3 is 6.03 Å². The fraction of sp³-hybridized carbons (Fsp3) is 0.364. The van der Waals surface area contributed by atoms with E-state index in [1.165, 1.54) is 0 Å². The smallest absolute Gasteiger partial charge is 0.321 e. The monoisotopic (exact) mass is 369 g/mol. The van der Waals surface area contributed by atoms with Crippen molar-refractivity contribution in [2.75, 3.05) is 31.5 Å². The zero-order valence-electron chi connectivity index (χ0n) is 16.8. The van der Waals surface area contributed by atoms with Crippen LogP contribution in [0.15, 0.2) is 60.7 Å². The first-order chi connectivity index (χ1) is 13.2.